The second-order valence-electron chi connectivity index (χ2n) is 5.11. The average molecular weight is 313 g/mol. The van der Waals surface area contributed by atoms with Crippen LogP contribution in [0.5, 0.6) is 5.75 Å². The van der Waals surface area contributed by atoms with Crippen molar-refractivity contribution < 1.29 is 14.3 Å². The smallest absolute Gasteiger partial charge is 0.244 e. The van der Waals surface area contributed by atoms with Crippen LogP contribution in [0.2, 0.25) is 5.02 Å². The maximum absolute atomic E-state index is 12.4. The van der Waals surface area contributed by atoms with Crippen LogP contribution in [0.4, 0.5) is 5.69 Å². The van der Waals surface area contributed by atoms with Gasteiger partial charge in [0.1, 0.15) is 11.8 Å². The summed E-state index contributed by atoms with van der Waals surface area (Å²) in [5, 5.41) is 3.85. The fourth-order valence-electron chi connectivity index (χ4n) is 2.30. The number of nitrogens with zero attached hydrogens (tertiary/aromatic N) is 1. The first-order valence-electron chi connectivity index (χ1n) is 7.00. The zero-order valence-corrected chi connectivity index (χ0v) is 13.4. The lowest BCUT2D eigenvalue weighted by Gasteiger charge is -2.30. The van der Waals surface area contributed by atoms with Gasteiger partial charge in [0.2, 0.25) is 5.91 Å². The molecular weight excluding hydrogens is 292 g/mol. The molecule has 1 aliphatic rings. The predicted octanol–water partition coefficient (Wildman–Crippen LogP) is 2.32. The van der Waals surface area contributed by atoms with Gasteiger partial charge in [0.25, 0.3) is 0 Å². The number of carbonyl (C=O) groups is 1. The Balaban J connectivity index is 2.09. The SMILES string of the molecule is COc1cc(Cl)c(C)cc1NC(C)C(=O)N1CCOCC1. The van der Waals surface area contributed by atoms with Crippen LogP contribution in [0.1, 0.15) is 12.5 Å². The Kier molecular flexibility index (Phi) is 5.31. The lowest BCUT2D eigenvalue weighted by Crippen LogP contribution is -2.47. The molecule has 2 rings (SSSR count). The highest BCUT2D eigenvalue weighted by atomic mass is 35.5. The van der Waals surface area contributed by atoms with Crippen molar-refractivity contribution in [2.45, 2.75) is 19.9 Å². The maximum Gasteiger partial charge on any atom is 0.244 e. The zero-order valence-electron chi connectivity index (χ0n) is 12.6. The number of amides is 1. The predicted molar refractivity (Wildman–Crippen MR) is 83.2 cm³/mol. The van der Waals surface area contributed by atoms with E-state index in [1.165, 1.54) is 0 Å². The fraction of sp³-hybridized carbons (Fsp3) is 0.533. The summed E-state index contributed by atoms with van der Waals surface area (Å²) in [5.41, 5.74) is 1.71. The normalized spacial score (nSPS) is 16.5. The van der Waals surface area contributed by atoms with Crippen LogP contribution < -0.4 is 10.1 Å². The van der Waals surface area contributed by atoms with Crippen LogP contribution >= 0.6 is 11.6 Å². The molecule has 0 saturated carbocycles. The highest BCUT2D eigenvalue weighted by Gasteiger charge is 2.23. The number of benzene rings is 1. The van der Waals surface area contributed by atoms with Gasteiger partial charge < -0.3 is 19.7 Å². The van der Waals surface area contributed by atoms with E-state index in [0.717, 1.165) is 11.3 Å². The molecule has 0 spiro atoms. The zero-order chi connectivity index (χ0) is 15.4. The van der Waals surface area contributed by atoms with Crippen molar-refractivity contribution in [3.63, 3.8) is 0 Å². The van der Waals surface area contributed by atoms with E-state index in [9.17, 15) is 4.79 Å². The number of nitrogens with one attached hydrogen (secondary N) is 1. The number of methoxy groups -OCH3 is 1. The molecule has 21 heavy (non-hydrogen) atoms. The summed E-state index contributed by atoms with van der Waals surface area (Å²) < 4.78 is 10.6. The van der Waals surface area contributed by atoms with E-state index in [0.29, 0.717) is 37.1 Å². The number of hydrogen-bond acceptors (Lipinski definition) is 4. The van der Waals surface area contributed by atoms with E-state index in [1.807, 2.05) is 24.8 Å². The third kappa shape index (κ3) is 3.80. The highest BCUT2D eigenvalue weighted by molar-refractivity contribution is 6.31. The van der Waals surface area contributed by atoms with Gasteiger partial charge in [-0.25, -0.2) is 0 Å². The fourth-order valence-corrected chi connectivity index (χ4v) is 2.45. The maximum atomic E-state index is 12.4. The van der Waals surface area contributed by atoms with Crippen molar-refractivity contribution in [2.24, 2.45) is 0 Å². The summed E-state index contributed by atoms with van der Waals surface area (Å²) >= 11 is 6.09. The Bertz CT molecular complexity index is 516. The van der Waals surface area contributed by atoms with Crippen molar-refractivity contribution in [1.29, 1.82) is 0 Å². The Morgan fingerprint density at radius 1 is 1.43 bits per heavy atom. The summed E-state index contributed by atoms with van der Waals surface area (Å²) in [4.78, 5) is 14.2. The number of morpholine rings is 1. The van der Waals surface area contributed by atoms with E-state index in [4.69, 9.17) is 21.1 Å². The molecule has 1 unspecified atom stereocenters. The van der Waals surface area contributed by atoms with E-state index in [2.05, 4.69) is 5.32 Å². The van der Waals surface area contributed by atoms with Gasteiger partial charge in [-0.3, -0.25) is 4.79 Å². The molecule has 5 nitrogen and oxygen atoms in total. The number of ether oxygens (including phenoxy) is 2. The third-order valence-electron chi connectivity index (χ3n) is 3.55. The monoisotopic (exact) mass is 312 g/mol. The average Bonchev–Trinajstić information content (AvgIpc) is 2.50. The minimum absolute atomic E-state index is 0.0629. The van der Waals surface area contributed by atoms with Gasteiger partial charge in [0, 0.05) is 24.2 Å². The Hall–Kier alpha value is -1.46. The van der Waals surface area contributed by atoms with Gasteiger partial charge in [-0.1, -0.05) is 11.6 Å². The standard InChI is InChI=1S/C15H21ClN2O3/c1-10-8-13(14(20-3)9-12(10)16)17-11(2)15(19)18-4-6-21-7-5-18/h8-9,11,17H,4-7H2,1-3H3. The summed E-state index contributed by atoms with van der Waals surface area (Å²) in [6, 6.07) is 3.31. The van der Waals surface area contributed by atoms with E-state index in [-0.39, 0.29) is 11.9 Å². The van der Waals surface area contributed by atoms with Gasteiger partial charge in [-0.15, -0.1) is 0 Å². The molecule has 1 amide bonds. The molecule has 1 aromatic rings. The number of hydrogen-bond donors (Lipinski definition) is 1. The lowest BCUT2D eigenvalue weighted by molar-refractivity contribution is -0.135. The summed E-state index contributed by atoms with van der Waals surface area (Å²) in [6.45, 7) is 6.25. The highest BCUT2D eigenvalue weighted by Crippen LogP contribution is 2.31. The molecule has 1 heterocycles. The number of anilines is 1. The van der Waals surface area contributed by atoms with Crippen LogP contribution in [0.25, 0.3) is 0 Å². The Morgan fingerprint density at radius 2 is 2.10 bits per heavy atom. The van der Waals surface area contributed by atoms with Crippen molar-refractivity contribution in [1.82, 2.24) is 4.90 Å². The van der Waals surface area contributed by atoms with Crippen molar-refractivity contribution in [2.75, 3.05) is 38.7 Å². The second kappa shape index (κ2) is 7.00. The van der Waals surface area contributed by atoms with Gasteiger partial charge in [-0.05, 0) is 25.5 Å². The first-order chi connectivity index (χ1) is 10.0. The van der Waals surface area contributed by atoms with Crippen LogP contribution in [-0.2, 0) is 9.53 Å². The second-order valence-corrected chi connectivity index (χ2v) is 5.51. The Morgan fingerprint density at radius 3 is 2.71 bits per heavy atom. The van der Waals surface area contributed by atoms with Crippen molar-refractivity contribution in [3.8, 4) is 5.75 Å². The first-order valence-corrected chi connectivity index (χ1v) is 7.38. The molecule has 0 radical (unpaired) electrons. The quantitative estimate of drug-likeness (QED) is 0.927. The van der Waals surface area contributed by atoms with Crippen molar-refractivity contribution >= 4 is 23.2 Å². The minimum Gasteiger partial charge on any atom is -0.495 e. The summed E-state index contributed by atoms with van der Waals surface area (Å²) in [7, 11) is 1.58. The molecule has 1 N–H and O–H groups in total. The minimum atomic E-state index is -0.336. The largest absolute Gasteiger partial charge is 0.495 e. The molecule has 0 aliphatic carbocycles. The molecule has 6 heteroatoms. The number of rotatable bonds is 4. The molecule has 1 atom stereocenters. The number of carbonyl (C=O) groups excluding carboxylic acids is 1. The topological polar surface area (TPSA) is 50.8 Å². The van der Waals surface area contributed by atoms with Gasteiger partial charge in [0.15, 0.2) is 0 Å². The first kappa shape index (κ1) is 15.9. The van der Waals surface area contributed by atoms with Crippen LogP contribution in [0.3, 0.4) is 0 Å². The van der Waals surface area contributed by atoms with Gasteiger partial charge >= 0.3 is 0 Å². The van der Waals surface area contributed by atoms with Gasteiger partial charge in [0.05, 0.1) is 26.0 Å². The van der Waals surface area contributed by atoms with E-state index in [1.54, 1.807) is 13.2 Å². The summed E-state index contributed by atoms with van der Waals surface area (Å²) in [5.74, 6) is 0.695. The molecular formula is C15H21ClN2O3. The van der Waals surface area contributed by atoms with E-state index >= 15 is 0 Å². The van der Waals surface area contributed by atoms with Crippen LogP contribution in [0.15, 0.2) is 12.1 Å². The lowest BCUT2D eigenvalue weighted by atomic mass is 10.1. The molecule has 0 bridgehead atoms. The van der Waals surface area contributed by atoms with Crippen LogP contribution in [-0.4, -0.2) is 50.3 Å². The molecule has 1 aromatic carbocycles. The molecule has 1 saturated heterocycles. The molecule has 1 aliphatic heterocycles. The molecule has 0 aromatic heterocycles. The van der Waals surface area contributed by atoms with Crippen LogP contribution in [0, 0.1) is 6.92 Å². The Labute approximate surface area is 130 Å². The molecule has 1 fully saturated rings. The number of aryl methyl sites for hydroxylation is 1. The van der Waals surface area contributed by atoms with E-state index < -0.39 is 0 Å². The molecule has 116 valence electrons. The summed E-state index contributed by atoms with van der Waals surface area (Å²) in [6.07, 6.45) is 0. The van der Waals surface area contributed by atoms with Crippen molar-refractivity contribution in [3.05, 3.63) is 22.7 Å². The number of halogens is 1. The van der Waals surface area contributed by atoms with Gasteiger partial charge in [-0.2, -0.15) is 0 Å². The third-order valence-corrected chi connectivity index (χ3v) is 3.95.